The van der Waals surface area contributed by atoms with Crippen molar-refractivity contribution in [1.29, 1.82) is 0 Å². The first kappa shape index (κ1) is 19.5. The molecule has 4 nitrogen and oxygen atoms in total. The Balaban J connectivity index is 1.35. The first-order valence-electron chi connectivity index (χ1n) is 8.54. The maximum Gasteiger partial charge on any atom is 0.305 e. The Morgan fingerprint density at radius 3 is 2.71 bits per heavy atom. The number of hydrogen-bond acceptors (Lipinski definition) is 6. The molecule has 1 atom stereocenters. The molecule has 0 bridgehead atoms. The molecule has 0 aliphatic carbocycles. The smallest absolute Gasteiger partial charge is 0.305 e. The van der Waals surface area contributed by atoms with Crippen LogP contribution in [0.2, 0.25) is 0 Å². The summed E-state index contributed by atoms with van der Waals surface area (Å²) in [6.07, 6.45) is 5.08. The van der Waals surface area contributed by atoms with Crippen LogP contribution in [0.1, 0.15) is 32.1 Å². The molecule has 0 amide bonds. The minimum atomic E-state index is -0.118. The van der Waals surface area contributed by atoms with Gasteiger partial charge in [0.1, 0.15) is 19.0 Å². The number of para-hydroxylation sites is 1. The van der Waals surface area contributed by atoms with Crippen molar-refractivity contribution in [3.63, 3.8) is 0 Å². The molecule has 0 radical (unpaired) electrons. The summed E-state index contributed by atoms with van der Waals surface area (Å²) in [6.45, 7) is 1.72. The Morgan fingerprint density at radius 1 is 1.08 bits per heavy atom. The fourth-order valence-corrected chi connectivity index (χ4v) is 5.36. The van der Waals surface area contributed by atoms with Crippen LogP contribution in [0.5, 0.6) is 5.75 Å². The summed E-state index contributed by atoms with van der Waals surface area (Å²) < 4.78 is 16.1. The second-order valence-corrected chi connectivity index (χ2v) is 8.36. The summed E-state index contributed by atoms with van der Waals surface area (Å²) in [6, 6.07) is 9.63. The van der Waals surface area contributed by atoms with Gasteiger partial charge in [-0.3, -0.25) is 4.79 Å². The molecule has 0 saturated carbocycles. The zero-order valence-electron chi connectivity index (χ0n) is 14.0. The van der Waals surface area contributed by atoms with E-state index in [1.165, 1.54) is 18.6 Å². The fourth-order valence-electron chi connectivity index (χ4n) is 2.33. The van der Waals surface area contributed by atoms with Crippen LogP contribution in [0, 0.1) is 0 Å². The molecule has 134 valence electrons. The van der Waals surface area contributed by atoms with Gasteiger partial charge in [-0.2, -0.15) is 0 Å². The van der Waals surface area contributed by atoms with Crippen molar-refractivity contribution in [2.75, 3.05) is 32.2 Å². The molecule has 1 unspecified atom stereocenters. The van der Waals surface area contributed by atoms with E-state index in [4.69, 9.17) is 14.2 Å². The average molecular weight is 371 g/mol. The third kappa shape index (κ3) is 8.85. The number of esters is 1. The molecule has 2 rings (SSSR count). The quantitative estimate of drug-likeness (QED) is 0.310. The van der Waals surface area contributed by atoms with Crippen molar-refractivity contribution < 1.29 is 19.0 Å². The topological polar surface area (TPSA) is 44.8 Å². The highest BCUT2D eigenvalue weighted by Gasteiger charge is 2.15. The number of hydrogen-bond donors (Lipinski definition) is 0. The van der Waals surface area contributed by atoms with Gasteiger partial charge in [0.15, 0.2) is 0 Å². The fraction of sp³-hybridized carbons (Fsp3) is 0.611. The Kier molecular flexibility index (Phi) is 10.1. The number of carbonyl (C=O) groups excluding carboxylic acids is 1. The largest absolute Gasteiger partial charge is 0.491 e. The Hall–Kier alpha value is -0.850. The van der Waals surface area contributed by atoms with Gasteiger partial charge in [0, 0.05) is 17.4 Å². The summed E-state index contributed by atoms with van der Waals surface area (Å²) >= 11 is 0. The molecule has 1 saturated heterocycles. The van der Waals surface area contributed by atoms with Crippen LogP contribution in [0.25, 0.3) is 0 Å². The predicted octanol–water partition coefficient (Wildman–Crippen LogP) is 4.34. The van der Waals surface area contributed by atoms with Crippen molar-refractivity contribution in [2.45, 2.75) is 37.4 Å². The zero-order chi connectivity index (χ0) is 16.9. The van der Waals surface area contributed by atoms with Crippen molar-refractivity contribution in [3.05, 3.63) is 30.3 Å². The maximum atomic E-state index is 11.6. The highest BCUT2D eigenvalue weighted by atomic mass is 33.1. The van der Waals surface area contributed by atoms with Gasteiger partial charge in [-0.1, -0.05) is 46.2 Å². The van der Waals surface area contributed by atoms with Crippen LogP contribution in [0.15, 0.2) is 30.3 Å². The van der Waals surface area contributed by atoms with Gasteiger partial charge in [0.05, 0.1) is 13.2 Å². The summed E-state index contributed by atoms with van der Waals surface area (Å²) in [5, 5.41) is 0.789. The van der Waals surface area contributed by atoms with Crippen molar-refractivity contribution in [3.8, 4) is 5.75 Å². The van der Waals surface area contributed by atoms with Crippen LogP contribution >= 0.6 is 21.6 Å². The van der Waals surface area contributed by atoms with E-state index in [0.29, 0.717) is 32.8 Å². The van der Waals surface area contributed by atoms with Gasteiger partial charge in [-0.15, -0.1) is 0 Å². The number of rotatable bonds is 12. The molecule has 1 aromatic carbocycles. The molecular weight excluding hydrogens is 344 g/mol. The lowest BCUT2D eigenvalue weighted by Crippen LogP contribution is -2.13. The second-order valence-electron chi connectivity index (χ2n) is 5.57. The molecule has 1 aliphatic heterocycles. The minimum absolute atomic E-state index is 0.118. The summed E-state index contributed by atoms with van der Waals surface area (Å²) in [5.41, 5.74) is 0. The molecule has 6 heteroatoms. The van der Waals surface area contributed by atoms with Crippen LogP contribution in [-0.2, 0) is 14.3 Å². The normalized spacial score (nSPS) is 16.9. The van der Waals surface area contributed by atoms with E-state index < -0.39 is 0 Å². The number of ether oxygens (including phenoxy) is 3. The van der Waals surface area contributed by atoms with Gasteiger partial charge in [-0.05, 0) is 31.4 Å². The van der Waals surface area contributed by atoms with Crippen molar-refractivity contribution in [2.24, 2.45) is 0 Å². The second kappa shape index (κ2) is 12.5. The van der Waals surface area contributed by atoms with Crippen LogP contribution in [-0.4, -0.2) is 43.4 Å². The van der Waals surface area contributed by atoms with Crippen molar-refractivity contribution in [1.82, 2.24) is 0 Å². The molecule has 0 N–H and O–H groups in total. The van der Waals surface area contributed by atoms with Gasteiger partial charge < -0.3 is 14.2 Å². The average Bonchev–Trinajstić information content (AvgIpc) is 3.12. The molecule has 0 aromatic heterocycles. The Labute approximate surface area is 152 Å². The minimum Gasteiger partial charge on any atom is -0.491 e. The highest BCUT2D eigenvalue weighted by molar-refractivity contribution is 8.77. The van der Waals surface area contributed by atoms with Gasteiger partial charge in [0.2, 0.25) is 0 Å². The third-order valence-corrected chi connectivity index (χ3v) is 6.62. The molecule has 1 aliphatic rings. The summed E-state index contributed by atoms with van der Waals surface area (Å²) in [5.74, 6) is 1.99. The number of benzene rings is 1. The third-order valence-electron chi connectivity index (χ3n) is 3.61. The summed E-state index contributed by atoms with van der Waals surface area (Å²) in [4.78, 5) is 11.6. The zero-order valence-corrected chi connectivity index (χ0v) is 15.6. The van der Waals surface area contributed by atoms with Crippen LogP contribution in [0.3, 0.4) is 0 Å². The first-order valence-corrected chi connectivity index (χ1v) is 10.9. The highest BCUT2D eigenvalue weighted by Crippen LogP contribution is 2.39. The van der Waals surface area contributed by atoms with Crippen molar-refractivity contribution >= 4 is 27.6 Å². The monoisotopic (exact) mass is 370 g/mol. The van der Waals surface area contributed by atoms with E-state index in [2.05, 4.69) is 0 Å². The Morgan fingerprint density at radius 2 is 1.92 bits per heavy atom. The van der Waals surface area contributed by atoms with E-state index >= 15 is 0 Å². The van der Waals surface area contributed by atoms with Crippen LogP contribution in [0.4, 0.5) is 0 Å². The van der Waals surface area contributed by atoms with Gasteiger partial charge in [-0.25, -0.2) is 0 Å². The van der Waals surface area contributed by atoms with Gasteiger partial charge in [0.25, 0.3) is 0 Å². The molecule has 1 aromatic rings. The predicted molar refractivity (Wildman–Crippen MR) is 101 cm³/mol. The van der Waals surface area contributed by atoms with E-state index in [0.717, 1.165) is 23.8 Å². The van der Waals surface area contributed by atoms with E-state index in [1.807, 2.05) is 51.9 Å². The molecule has 1 heterocycles. The SMILES string of the molecule is O=C(CCCCC1CCSS1)OCCOCCOc1ccccc1. The first-order chi connectivity index (χ1) is 11.8. The number of unbranched alkanes of at least 4 members (excludes halogenated alkanes) is 1. The Bertz CT molecular complexity index is 450. The summed E-state index contributed by atoms with van der Waals surface area (Å²) in [7, 11) is 3.96. The van der Waals surface area contributed by atoms with E-state index in [9.17, 15) is 4.79 Å². The molecule has 1 fully saturated rings. The van der Waals surface area contributed by atoms with Gasteiger partial charge >= 0.3 is 5.97 Å². The molecule has 0 spiro atoms. The van der Waals surface area contributed by atoms with Crippen LogP contribution < -0.4 is 4.74 Å². The van der Waals surface area contributed by atoms with E-state index in [-0.39, 0.29) is 5.97 Å². The lowest BCUT2D eigenvalue weighted by molar-refractivity contribution is -0.145. The van der Waals surface area contributed by atoms with E-state index in [1.54, 1.807) is 0 Å². The lowest BCUT2D eigenvalue weighted by atomic mass is 10.1. The standard InChI is InChI=1S/C18H26O4S2/c19-18(9-5-4-8-17-10-15-23-24-17)22-14-12-20-11-13-21-16-6-2-1-3-7-16/h1-3,6-7,17H,4-5,8-15H2. The number of carbonyl (C=O) groups is 1. The molecular formula is C18H26O4S2. The molecule has 24 heavy (non-hydrogen) atoms. The lowest BCUT2D eigenvalue weighted by Gasteiger charge is -2.08. The maximum absolute atomic E-state index is 11.6.